The van der Waals surface area contributed by atoms with Gasteiger partial charge in [-0.25, -0.2) is 4.98 Å². The van der Waals surface area contributed by atoms with E-state index >= 15 is 0 Å². The Balaban J connectivity index is 2.46. The highest BCUT2D eigenvalue weighted by Crippen LogP contribution is 2.28. The molecule has 2 aromatic heterocycles. The summed E-state index contributed by atoms with van der Waals surface area (Å²) in [6.07, 6.45) is 2.04. The number of fused-ring (bicyclic) bond motifs is 1. The molecule has 5 nitrogen and oxygen atoms in total. The first-order valence-electron chi connectivity index (χ1n) is 7.28. The van der Waals surface area contributed by atoms with Crippen LogP contribution < -0.4 is 5.56 Å². The molecule has 0 aliphatic carbocycles. The van der Waals surface area contributed by atoms with E-state index in [1.165, 1.54) is 11.3 Å². The van der Waals surface area contributed by atoms with Crippen molar-refractivity contribution in [3.8, 4) is 0 Å². The van der Waals surface area contributed by atoms with Crippen molar-refractivity contribution in [2.45, 2.75) is 40.5 Å². The standard InChI is InChI=1S/C15H21N3O2S/c1-5-7-8-18(6-2)15(20)12-9(3)11-13(19)16-10(4)17-14(11)21-12/h5-8H2,1-4H3,(H,16,17,19). The van der Waals surface area contributed by atoms with E-state index in [1.54, 1.807) is 6.92 Å². The summed E-state index contributed by atoms with van der Waals surface area (Å²) >= 11 is 1.32. The molecular formula is C15H21N3O2S. The smallest absolute Gasteiger partial charge is 0.264 e. The minimum atomic E-state index is -0.165. The van der Waals surface area contributed by atoms with E-state index in [2.05, 4.69) is 16.9 Å². The third-order valence-corrected chi connectivity index (χ3v) is 4.74. The molecule has 0 spiro atoms. The predicted molar refractivity (Wildman–Crippen MR) is 86.2 cm³/mol. The van der Waals surface area contributed by atoms with E-state index in [0.717, 1.165) is 24.9 Å². The highest BCUT2D eigenvalue weighted by Gasteiger charge is 2.22. The summed E-state index contributed by atoms with van der Waals surface area (Å²) in [6, 6.07) is 0. The van der Waals surface area contributed by atoms with Gasteiger partial charge in [-0.15, -0.1) is 11.3 Å². The monoisotopic (exact) mass is 307 g/mol. The number of carbonyl (C=O) groups excluding carboxylic acids is 1. The maximum Gasteiger partial charge on any atom is 0.264 e. The minimum absolute atomic E-state index is 0.00324. The van der Waals surface area contributed by atoms with Crippen LogP contribution in [0.15, 0.2) is 4.79 Å². The van der Waals surface area contributed by atoms with E-state index in [0.29, 0.717) is 27.5 Å². The van der Waals surface area contributed by atoms with Crippen molar-refractivity contribution in [2.75, 3.05) is 13.1 Å². The normalized spacial score (nSPS) is 11.0. The molecule has 0 aromatic carbocycles. The van der Waals surface area contributed by atoms with Crippen LogP contribution in [0.3, 0.4) is 0 Å². The van der Waals surface area contributed by atoms with Gasteiger partial charge in [0.2, 0.25) is 0 Å². The van der Waals surface area contributed by atoms with Gasteiger partial charge in [-0.2, -0.15) is 0 Å². The van der Waals surface area contributed by atoms with E-state index < -0.39 is 0 Å². The zero-order valence-electron chi connectivity index (χ0n) is 12.9. The zero-order valence-corrected chi connectivity index (χ0v) is 13.8. The molecule has 21 heavy (non-hydrogen) atoms. The summed E-state index contributed by atoms with van der Waals surface area (Å²) in [4.78, 5) is 34.9. The quantitative estimate of drug-likeness (QED) is 0.923. The number of nitrogens with one attached hydrogen (secondary N) is 1. The highest BCUT2D eigenvalue weighted by molar-refractivity contribution is 7.20. The molecule has 1 N–H and O–H groups in total. The fraction of sp³-hybridized carbons (Fsp3) is 0.533. The van der Waals surface area contributed by atoms with Crippen LogP contribution in [0.2, 0.25) is 0 Å². The molecule has 0 radical (unpaired) electrons. The molecule has 0 unspecified atom stereocenters. The lowest BCUT2D eigenvalue weighted by atomic mass is 10.2. The van der Waals surface area contributed by atoms with E-state index in [1.807, 2.05) is 18.7 Å². The summed E-state index contributed by atoms with van der Waals surface area (Å²) in [5.41, 5.74) is 0.575. The molecule has 0 aliphatic rings. The maximum absolute atomic E-state index is 12.7. The first-order chi connectivity index (χ1) is 9.99. The first kappa shape index (κ1) is 15.7. The van der Waals surface area contributed by atoms with Crippen LogP contribution in [0.5, 0.6) is 0 Å². The Labute approximate surface area is 128 Å². The van der Waals surface area contributed by atoms with Gasteiger partial charge < -0.3 is 9.88 Å². The van der Waals surface area contributed by atoms with Crippen molar-refractivity contribution < 1.29 is 4.79 Å². The Morgan fingerprint density at radius 3 is 2.67 bits per heavy atom. The van der Waals surface area contributed by atoms with E-state index in [4.69, 9.17) is 0 Å². The van der Waals surface area contributed by atoms with E-state index in [9.17, 15) is 9.59 Å². The van der Waals surface area contributed by atoms with Gasteiger partial charge in [-0.1, -0.05) is 13.3 Å². The first-order valence-corrected chi connectivity index (χ1v) is 8.10. The number of H-pyrrole nitrogens is 1. The Kier molecular flexibility index (Phi) is 4.77. The molecule has 0 fully saturated rings. The number of aromatic amines is 1. The zero-order chi connectivity index (χ0) is 15.6. The predicted octanol–water partition coefficient (Wildman–Crippen LogP) is 2.86. The molecule has 2 rings (SSSR count). The summed E-state index contributed by atoms with van der Waals surface area (Å²) < 4.78 is 0. The Morgan fingerprint density at radius 1 is 1.33 bits per heavy atom. The van der Waals surface area contributed by atoms with Crippen LogP contribution in [0.1, 0.15) is 47.7 Å². The van der Waals surface area contributed by atoms with Crippen molar-refractivity contribution >= 4 is 27.5 Å². The molecule has 2 aromatic rings. The average Bonchev–Trinajstić information content (AvgIpc) is 2.76. The van der Waals surface area contributed by atoms with Gasteiger partial charge in [0.1, 0.15) is 10.7 Å². The van der Waals surface area contributed by atoms with Gasteiger partial charge in [-0.3, -0.25) is 9.59 Å². The van der Waals surface area contributed by atoms with Crippen LogP contribution in [0.4, 0.5) is 0 Å². The SMILES string of the molecule is CCCCN(CC)C(=O)c1sc2nc(C)[nH]c(=O)c2c1C. The number of nitrogens with zero attached hydrogens (tertiary/aromatic N) is 2. The minimum Gasteiger partial charge on any atom is -0.338 e. The average molecular weight is 307 g/mol. The Hall–Kier alpha value is -1.69. The lowest BCUT2D eigenvalue weighted by Crippen LogP contribution is -2.31. The second kappa shape index (κ2) is 6.39. The Morgan fingerprint density at radius 2 is 2.05 bits per heavy atom. The van der Waals surface area contributed by atoms with Gasteiger partial charge >= 0.3 is 0 Å². The number of thiophene rings is 1. The molecule has 0 saturated carbocycles. The summed E-state index contributed by atoms with van der Waals surface area (Å²) in [7, 11) is 0. The summed E-state index contributed by atoms with van der Waals surface area (Å²) in [5.74, 6) is 0.578. The second-order valence-corrected chi connectivity index (χ2v) is 6.13. The molecule has 2 heterocycles. The van der Waals surface area contributed by atoms with Crippen LogP contribution in [0.25, 0.3) is 10.2 Å². The number of hydrogen-bond acceptors (Lipinski definition) is 4. The van der Waals surface area contributed by atoms with Crippen LogP contribution in [-0.4, -0.2) is 33.9 Å². The largest absolute Gasteiger partial charge is 0.338 e. The number of carbonyl (C=O) groups is 1. The van der Waals surface area contributed by atoms with E-state index in [-0.39, 0.29) is 11.5 Å². The molecule has 0 atom stereocenters. The van der Waals surface area contributed by atoms with Crippen LogP contribution >= 0.6 is 11.3 Å². The third kappa shape index (κ3) is 3.00. The molecule has 0 saturated heterocycles. The topological polar surface area (TPSA) is 66.1 Å². The highest BCUT2D eigenvalue weighted by atomic mass is 32.1. The third-order valence-electron chi connectivity index (χ3n) is 3.56. The molecular weight excluding hydrogens is 286 g/mol. The second-order valence-electron chi connectivity index (χ2n) is 5.13. The van der Waals surface area contributed by atoms with Crippen molar-refractivity contribution in [1.29, 1.82) is 0 Å². The van der Waals surface area contributed by atoms with Crippen molar-refractivity contribution in [2.24, 2.45) is 0 Å². The van der Waals surface area contributed by atoms with Gasteiger partial charge in [0, 0.05) is 13.1 Å². The molecule has 0 bridgehead atoms. The Bertz CT molecular complexity index is 718. The van der Waals surface area contributed by atoms with Crippen molar-refractivity contribution in [3.63, 3.8) is 0 Å². The molecule has 1 amide bonds. The van der Waals surface area contributed by atoms with Gasteiger partial charge in [0.15, 0.2) is 0 Å². The van der Waals surface area contributed by atoms with Gasteiger partial charge in [0.25, 0.3) is 11.5 Å². The summed E-state index contributed by atoms with van der Waals surface area (Å²) in [5, 5.41) is 0.542. The lowest BCUT2D eigenvalue weighted by Gasteiger charge is -2.20. The lowest BCUT2D eigenvalue weighted by molar-refractivity contribution is 0.0766. The van der Waals surface area contributed by atoms with Crippen molar-refractivity contribution in [3.05, 3.63) is 26.6 Å². The molecule has 0 aliphatic heterocycles. The number of amides is 1. The summed E-state index contributed by atoms with van der Waals surface area (Å²) in [6.45, 7) is 9.08. The van der Waals surface area contributed by atoms with Crippen LogP contribution in [0, 0.1) is 13.8 Å². The van der Waals surface area contributed by atoms with Crippen LogP contribution in [-0.2, 0) is 0 Å². The molecule has 6 heteroatoms. The molecule has 114 valence electrons. The number of rotatable bonds is 5. The number of aryl methyl sites for hydroxylation is 2. The van der Waals surface area contributed by atoms with Crippen molar-refractivity contribution in [1.82, 2.24) is 14.9 Å². The number of hydrogen-bond donors (Lipinski definition) is 1. The number of unbranched alkanes of at least 4 members (excludes halogenated alkanes) is 1. The fourth-order valence-corrected chi connectivity index (χ4v) is 3.55. The fourth-order valence-electron chi connectivity index (χ4n) is 2.35. The van der Waals surface area contributed by atoms with Gasteiger partial charge in [-0.05, 0) is 32.8 Å². The van der Waals surface area contributed by atoms with Gasteiger partial charge in [0.05, 0.1) is 10.3 Å². The number of aromatic nitrogens is 2. The maximum atomic E-state index is 12.7.